The first-order valence-electron chi connectivity index (χ1n) is 13.7. The minimum Gasteiger partial charge on any atom is -0.310 e. The van der Waals surface area contributed by atoms with Gasteiger partial charge in [0.15, 0.2) is 0 Å². The van der Waals surface area contributed by atoms with Crippen LogP contribution in [0.2, 0.25) is 0 Å². The molecule has 0 unspecified atom stereocenters. The topological polar surface area (TPSA) is 15.6 Å². The minimum absolute atomic E-state index is 0.838. The van der Waals surface area contributed by atoms with Crippen molar-refractivity contribution in [1.82, 2.24) is 0 Å². The summed E-state index contributed by atoms with van der Waals surface area (Å²) in [5.41, 5.74) is 12.0. The van der Waals surface area contributed by atoms with Crippen LogP contribution >= 0.6 is 15.9 Å². The fourth-order valence-electron chi connectivity index (χ4n) is 5.13. The normalized spacial score (nSPS) is 11.3. The first-order valence-corrected chi connectivity index (χ1v) is 14.5. The van der Waals surface area contributed by atoms with Gasteiger partial charge in [0.05, 0.1) is 5.69 Å². The van der Waals surface area contributed by atoms with Crippen LogP contribution in [0.15, 0.2) is 150 Å². The molecular weight excluding hydrogens is 564 g/mol. The third-order valence-corrected chi connectivity index (χ3v) is 7.63. The maximum Gasteiger partial charge on any atom is 0.0540 e. The molecule has 0 bridgehead atoms. The van der Waals surface area contributed by atoms with Gasteiger partial charge in [-0.3, -0.25) is 4.99 Å². The first-order chi connectivity index (χ1) is 20.0. The summed E-state index contributed by atoms with van der Waals surface area (Å²) >= 11 is 3.60. The number of aryl methyl sites for hydroxylation is 2. The monoisotopic (exact) mass is 596 g/mol. The van der Waals surface area contributed by atoms with Crippen LogP contribution in [0.1, 0.15) is 16.7 Å². The van der Waals surface area contributed by atoms with Gasteiger partial charge in [0.25, 0.3) is 0 Å². The Balaban J connectivity index is 1.59. The van der Waals surface area contributed by atoms with Crippen LogP contribution in [0.3, 0.4) is 0 Å². The Morgan fingerprint density at radius 2 is 1.37 bits per heavy atom. The molecule has 0 aliphatic rings. The molecule has 3 heteroatoms. The summed E-state index contributed by atoms with van der Waals surface area (Å²) in [7, 11) is 0. The standard InChI is InChI=1S/C38H33BrN2/c1-4-40-25-11-10-12-30-17-20-33(21-18-30)41(38-16-9-8-15-37(38)31-13-6-5-7-14-31)34-22-24-36(29(3)27-34)35-23-19-32(39)26-28(35)2/h4-11,13-27H,1,12H2,2-3H3/b11-10-,40-25?. The fraction of sp³-hybridized carbons (Fsp3) is 0.0789. The second-order valence-corrected chi connectivity index (χ2v) is 10.9. The molecule has 0 fully saturated rings. The van der Waals surface area contributed by atoms with E-state index in [9.17, 15) is 0 Å². The zero-order valence-corrected chi connectivity index (χ0v) is 25.1. The molecule has 0 N–H and O–H groups in total. The number of nitrogens with zero attached hydrogens (tertiary/aromatic N) is 2. The van der Waals surface area contributed by atoms with Gasteiger partial charge >= 0.3 is 0 Å². The van der Waals surface area contributed by atoms with Crippen molar-refractivity contribution in [3.63, 3.8) is 0 Å². The third kappa shape index (κ3) is 6.65. The maximum atomic E-state index is 4.03. The lowest BCUT2D eigenvalue weighted by atomic mass is 9.95. The predicted molar refractivity (Wildman–Crippen MR) is 181 cm³/mol. The Kier molecular flexibility index (Phi) is 9.08. The molecule has 5 aromatic carbocycles. The van der Waals surface area contributed by atoms with E-state index >= 15 is 0 Å². The van der Waals surface area contributed by atoms with Crippen molar-refractivity contribution in [3.05, 3.63) is 161 Å². The van der Waals surface area contributed by atoms with E-state index in [1.807, 2.05) is 6.08 Å². The van der Waals surface area contributed by atoms with Crippen LogP contribution in [0.4, 0.5) is 17.1 Å². The highest BCUT2D eigenvalue weighted by molar-refractivity contribution is 9.10. The van der Waals surface area contributed by atoms with Gasteiger partial charge in [0.1, 0.15) is 0 Å². The van der Waals surface area contributed by atoms with Crippen molar-refractivity contribution in [2.75, 3.05) is 4.90 Å². The number of aliphatic imine (C=N–C) groups is 1. The average molecular weight is 598 g/mol. The number of para-hydroxylation sites is 1. The molecule has 5 aromatic rings. The summed E-state index contributed by atoms with van der Waals surface area (Å²) in [6.07, 6.45) is 8.19. The highest BCUT2D eigenvalue weighted by atomic mass is 79.9. The number of benzene rings is 5. The smallest absolute Gasteiger partial charge is 0.0540 e. The molecule has 2 nitrogen and oxygen atoms in total. The summed E-state index contributed by atoms with van der Waals surface area (Å²) in [5, 5.41) is 0. The number of rotatable bonds is 9. The van der Waals surface area contributed by atoms with E-state index in [-0.39, 0.29) is 0 Å². The SMILES string of the molecule is C=CN=C/C=C\Cc1ccc(N(c2ccc(-c3ccc(Br)cc3C)c(C)c2)c2ccccc2-c2ccccc2)cc1. The zero-order valence-electron chi connectivity index (χ0n) is 23.5. The summed E-state index contributed by atoms with van der Waals surface area (Å²) in [6.45, 7) is 7.98. The van der Waals surface area contributed by atoms with E-state index in [1.165, 1.54) is 45.1 Å². The van der Waals surface area contributed by atoms with Crippen LogP contribution in [-0.4, -0.2) is 6.21 Å². The van der Waals surface area contributed by atoms with Gasteiger partial charge in [-0.05, 0) is 102 Å². The van der Waals surface area contributed by atoms with Crippen molar-refractivity contribution in [2.45, 2.75) is 20.3 Å². The fourth-order valence-corrected chi connectivity index (χ4v) is 5.61. The molecule has 0 amide bonds. The highest BCUT2D eigenvalue weighted by Crippen LogP contribution is 2.42. The molecule has 202 valence electrons. The summed E-state index contributed by atoms with van der Waals surface area (Å²) in [5.74, 6) is 0. The number of anilines is 3. The van der Waals surface area contributed by atoms with Gasteiger partial charge in [0.2, 0.25) is 0 Å². The molecule has 0 aromatic heterocycles. The summed E-state index contributed by atoms with van der Waals surface area (Å²) in [6, 6.07) is 41.3. The van der Waals surface area contributed by atoms with Crippen LogP contribution in [0.25, 0.3) is 22.3 Å². The Morgan fingerprint density at radius 3 is 2.07 bits per heavy atom. The van der Waals surface area contributed by atoms with E-state index in [0.717, 1.165) is 28.0 Å². The molecule has 0 saturated heterocycles. The van der Waals surface area contributed by atoms with Gasteiger partial charge in [-0.1, -0.05) is 101 Å². The van der Waals surface area contributed by atoms with Crippen molar-refractivity contribution < 1.29 is 0 Å². The lowest BCUT2D eigenvalue weighted by Crippen LogP contribution is -2.11. The Labute approximate surface area is 252 Å². The predicted octanol–water partition coefficient (Wildman–Crippen LogP) is 11.2. The van der Waals surface area contributed by atoms with E-state index in [4.69, 9.17) is 0 Å². The lowest BCUT2D eigenvalue weighted by Gasteiger charge is -2.29. The Bertz CT molecular complexity index is 1700. The molecule has 41 heavy (non-hydrogen) atoms. The molecule has 0 atom stereocenters. The molecule has 0 heterocycles. The molecule has 0 spiro atoms. The molecule has 0 radical (unpaired) electrons. The largest absolute Gasteiger partial charge is 0.310 e. The van der Waals surface area contributed by atoms with Crippen LogP contribution in [-0.2, 0) is 6.42 Å². The third-order valence-electron chi connectivity index (χ3n) is 7.14. The lowest BCUT2D eigenvalue weighted by molar-refractivity contribution is 1.23. The number of hydrogen-bond acceptors (Lipinski definition) is 2. The second-order valence-electron chi connectivity index (χ2n) is 9.96. The average Bonchev–Trinajstić information content (AvgIpc) is 2.99. The van der Waals surface area contributed by atoms with Gasteiger partial charge in [-0.2, -0.15) is 0 Å². The molecular formula is C38H33BrN2. The molecule has 0 saturated carbocycles. The van der Waals surface area contributed by atoms with Crippen LogP contribution in [0, 0.1) is 13.8 Å². The zero-order chi connectivity index (χ0) is 28.6. The van der Waals surface area contributed by atoms with E-state index in [2.05, 4.69) is 168 Å². The second kappa shape index (κ2) is 13.3. The Morgan fingerprint density at radius 1 is 0.707 bits per heavy atom. The van der Waals surface area contributed by atoms with Crippen molar-refractivity contribution in [2.24, 2.45) is 4.99 Å². The van der Waals surface area contributed by atoms with Gasteiger partial charge in [-0.15, -0.1) is 0 Å². The van der Waals surface area contributed by atoms with E-state index in [1.54, 1.807) is 6.21 Å². The van der Waals surface area contributed by atoms with E-state index < -0.39 is 0 Å². The molecule has 5 rings (SSSR count). The van der Waals surface area contributed by atoms with Crippen molar-refractivity contribution >= 4 is 39.2 Å². The summed E-state index contributed by atoms with van der Waals surface area (Å²) in [4.78, 5) is 6.39. The Hall–Kier alpha value is -4.47. The summed E-state index contributed by atoms with van der Waals surface area (Å²) < 4.78 is 1.10. The quantitative estimate of drug-likeness (QED) is 0.154. The van der Waals surface area contributed by atoms with Crippen molar-refractivity contribution in [1.29, 1.82) is 0 Å². The number of hydrogen-bond donors (Lipinski definition) is 0. The number of halogens is 1. The maximum absolute atomic E-state index is 4.03. The highest BCUT2D eigenvalue weighted by Gasteiger charge is 2.18. The van der Waals surface area contributed by atoms with E-state index in [0.29, 0.717) is 0 Å². The minimum atomic E-state index is 0.838. The van der Waals surface area contributed by atoms with Gasteiger partial charge < -0.3 is 4.90 Å². The van der Waals surface area contributed by atoms with Gasteiger partial charge in [-0.25, -0.2) is 0 Å². The van der Waals surface area contributed by atoms with Crippen LogP contribution in [0.5, 0.6) is 0 Å². The molecule has 0 aliphatic carbocycles. The van der Waals surface area contributed by atoms with Crippen LogP contribution < -0.4 is 4.90 Å². The molecule has 0 aliphatic heterocycles. The number of allylic oxidation sites excluding steroid dienone is 2. The first kappa shape index (κ1) is 28.1. The van der Waals surface area contributed by atoms with Crippen molar-refractivity contribution in [3.8, 4) is 22.3 Å². The van der Waals surface area contributed by atoms with Gasteiger partial charge in [0, 0.05) is 33.8 Å².